The van der Waals surface area contributed by atoms with Crippen molar-refractivity contribution in [2.45, 2.75) is 45.1 Å². The Labute approximate surface area is 170 Å². The highest BCUT2D eigenvalue weighted by molar-refractivity contribution is 7.19. The third-order valence-electron chi connectivity index (χ3n) is 6.53. The molecular weight excluding hydrogens is 372 g/mol. The third-order valence-corrected chi connectivity index (χ3v) is 7.71. The van der Waals surface area contributed by atoms with Gasteiger partial charge in [0.25, 0.3) is 0 Å². The standard InChI is InChI=1S/C21H30N4O2S/c26-14-15-4-3-7-25(12-15)20-19-16-5-1-2-6-17(16)28-21(19)23-18(22-20)13-24-8-10-27-11-9-24/h15,26H,1-14H2/p+1/t15-/m0/s1. The predicted octanol–water partition coefficient (Wildman–Crippen LogP) is 1.19. The molecule has 2 aromatic rings. The first-order chi connectivity index (χ1) is 13.8. The number of morpholine rings is 1. The van der Waals surface area contributed by atoms with Crippen molar-refractivity contribution in [1.29, 1.82) is 0 Å². The molecule has 2 saturated heterocycles. The van der Waals surface area contributed by atoms with E-state index in [9.17, 15) is 5.11 Å². The molecule has 0 radical (unpaired) electrons. The van der Waals surface area contributed by atoms with Gasteiger partial charge in [-0.1, -0.05) is 0 Å². The van der Waals surface area contributed by atoms with Crippen molar-refractivity contribution in [3.63, 3.8) is 0 Å². The predicted molar refractivity (Wildman–Crippen MR) is 111 cm³/mol. The highest BCUT2D eigenvalue weighted by Gasteiger charge is 2.28. The van der Waals surface area contributed by atoms with Crippen molar-refractivity contribution >= 4 is 27.4 Å². The monoisotopic (exact) mass is 403 g/mol. The van der Waals surface area contributed by atoms with E-state index < -0.39 is 0 Å². The number of quaternary nitrogens is 1. The number of aliphatic hydroxyl groups excluding tert-OH is 1. The number of hydrogen-bond acceptors (Lipinski definition) is 6. The summed E-state index contributed by atoms with van der Waals surface area (Å²) in [5.41, 5.74) is 1.51. The first-order valence-electron chi connectivity index (χ1n) is 10.9. The Hall–Kier alpha value is -1.28. The molecule has 2 aromatic heterocycles. The van der Waals surface area contributed by atoms with Gasteiger partial charge in [-0.3, -0.25) is 0 Å². The number of rotatable bonds is 4. The van der Waals surface area contributed by atoms with Gasteiger partial charge in [0.1, 0.15) is 30.3 Å². The maximum Gasteiger partial charge on any atom is 0.187 e. The van der Waals surface area contributed by atoms with Gasteiger partial charge in [0, 0.05) is 24.6 Å². The van der Waals surface area contributed by atoms with Gasteiger partial charge in [-0.25, -0.2) is 9.97 Å². The number of fused-ring (bicyclic) bond motifs is 3. The number of anilines is 1. The van der Waals surface area contributed by atoms with Crippen LogP contribution in [0.4, 0.5) is 5.82 Å². The molecule has 7 heteroatoms. The Morgan fingerprint density at radius 2 is 2.00 bits per heavy atom. The molecule has 1 atom stereocenters. The molecule has 4 heterocycles. The van der Waals surface area contributed by atoms with Gasteiger partial charge >= 0.3 is 0 Å². The summed E-state index contributed by atoms with van der Waals surface area (Å²) >= 11 is 1.90. The van der Waals surface area contributed by atoms with E-state index in [0.717, 1.165) is 76.8 Å². The largest absolute Gasteiger partial charge is 0.396 e. The van der Waals surface area contributed by atoms with Gasteiger partial charge in [0.2, 0.25) is 0 Å². The van der Waals surface area contributed by atoms with Crippen LogP contribution in [0.5, 0.6) is 0 Å². The zero-order valence-electron chi connectivity index (χ0n) is 16.6. The highest BCUT2D eigenvalue weighted by Crippen LogP contribution is 2.40. The summed E-state index contributed by atoms with van der Waals surface area (Å²) in [4.78, 5) is 16.9. The average Bonchev–Trinajstić information content (AvgIpc) is 3.12. The molecule has 28 heavy (non-hydrogen) atoms. The van der Waals surface area contributed by atoms with Crippen LogP contribution < -0.4 is 9.80 Å². The number of piperidine rings is 1. The summed E-state index contributed by atoms with van der Waals surface area (Å²) in [7, 11) is 0. The highest BCUT2D eigenvalue weighted by atomic mass is 32.1. The van der Waals surface area contributed by atoms with Crippen LogP contribution in [-0.4, -0.2) is 61.1 Å². The Balaban J connectivity index is 1.55. The molecule has 2 aliphatic heterocycles. The molecule has 3 aliphatic rings. The van der Waals surface area contributed by atoms with Crippen LogP contribution in [-0.2, 0) is 24.1 Å². The Kier molecular flexibility index (Phi) is 5.50. The van der Waals surface area contributed by atoms with Crippen LogP contribution in [0.2, 0.25) is 0 Å². The van der Waals surface area contributed by atoms with Gasteiger partial charge in [-0.2, -0.15) is 0 Å². The van der Waals surface area contributed by atoms with E-state index >= 15 is 0 Å². The first kappa shape index (κ1) is 18.7. The number of thiophene rings is 1. The van der Waals surface area contributed by atoms with E-state index in [4.69, 9.17) is 14.7 Å². The van der Waals surface area contributed by atoms with Gasteiger partial charge < -0.3 is 19.6 Å². The molecule has 2 N–H and O–H groups in total. The second-order valence-corrected chi connectivity index (χ2v) is 9.61. The summed E-state index contributed by atoms with van der Waals surface area (Å²) in [5, 5.41) is 11.0. The fourth-order valence-corrected chi connectivity index (χ4v) is 6.23. The van der Waals surface area contributed by atoms with Crippen LogP contribution >= 0.6 is 11.3 Å². The van der Waals surface area contributed by atoms with Crippen molar-refractivity contribution in [1.82, 2.24) is 9.97 Å². The first-order valence-corrected chi connectivity index (χ1v) is 11.7. The molecule has 5 rings (SSSR count). The van der Waals surface area contributed by atoms with E-state index in [1.165, 1.54) is 44.8 Å². The zero-order chi connectivity index (χ0) is 18.9. The van der Waals surface area contributed by atoms with Gasteiger partial charge in [0.15, 0.2) is 5.82 Å². The summed E-state index contributed by atoms with van der Waals surface area (Å²) in [6, 6.07) is 0. The average molecular weight is 404 g/mol. The van der Waals surface area contributed by atoms with Crippen molar-refractivity contribution in [3.8, 4) is 0 Å². The van der Waals surface area contributed by atoms with Crippen LogP contribution in [0.3, 0.4) is 0 Å². The van der Waals surface area contributed by atoms with Gasteiger partial charge in [0.05, 0.1) is 18.6 Å². The number of nitrogens with one attached hydrogen (secondary N) is 1. The maximum absolute atomic E-state index is 9.72. The quantitative estimate of drug-likeness (QED) is 0.803. The molecule has 6 nitrogen and oxygen atoms in total. The molecule has 0 aromatic carbocycles. The summed E-state index contributed by atoms with van der Waals surface area (Å²) in [5.74, 6) is 2.48. The Bertz CT molecular complexity index is 833. The van der Waals surface area contributed by atoms with Crippen LogP contribution in [0, 0.1) is 5.92 Å². The fraction of sp³-hybridized carbons (Fsp3) is 0.714. The molecule has 0 bridgehead atoms. The molecule has 0 unspecified atom stereocenters. The van der Waals surface area contributed by atoms with Crippen LogP contribution in [0.15, 0.2) is 0 Å². The molecule has 0 amide bonds. The Morgan fingerprint density at radius 3 is 2.86 bits per heavy atom. The third kappa shape index (κ3) is 3.65. The van der Waals surface area contributed by atoms with Gasteiger partial charge in [-0.05, 0) is 50.0 Å². The lowest BCUT2D eigenvalue weighted by molar-refractivity contribution is -0.922. The van der Waals surface area contributed by atoms with E-state index in [-0.39, 0.29) is 6.61 Å². The number of aromatic nitrogens is 2. The molecule has 0 saturated carbocycles. The lowest BCUT2D eigenvalue weighted by Gasteiger charge is -2.33. The number of hydrogen-bond donors (Lipinski definition) is 2. The lowest BCUT2D eigenvalue weighted by Crippen LogP contribution is -3.12. The minimum atomic E-state index is 0.275. The summed E-state index contributed by atoms with van der Waals surface area (Å²) in [6.45, 7) is 6.85. The minimum Gasteiger partial charge on any atom is -0.396 e. The summed E-state index contributed by atoms with van der Waals surface area (Å²) < 4.78 is 5.51. The molecule has 0 spiro atoms. The topological polar surface area (TPSA) is 62.9 Å². The number of aliphatic hydroxyl groups is 1. The van der Waals surface area contributed by atoms with Crippen LogP contribution in [0.25, 0.3) is 10.2 Å². The summed E-state index contributed by atoms with van der Waals surface area (Å²) in [6.07, 6.45) is 7.18. The van der Waals surface area contributed by atoms with Crippen molar-refractivity contribution in [3.05, 3.63) is 16.3 Å². The maximum atomic E-state index is 9.72. The minimum absolute atomic E-state index is 0.275. The van der Waals surface area contributed by atoms with Crippen molar-refractivity contribution in [2.24, 2.45) is 5.92 Å². The Morgan fingerprint density at radius 1 is 1.14 bits per heavy atom. The normalized spacial score (nSPS) is 23.9. The smallest absolute Gasteiger partial charge is 0.187 e. The van der Waals surface area contributed by atoms with E-state index in [1.807, 2.05) is 11.3 Å². The van der Waals surface area contributed by atoms with E-state index in [2.05, 4.69) is 4.90 Å². The number of ether oxygens (including phenoxy) is 1. The van der Waals surface area contributed by atoms with Gasteiger partial charge in [-0.15, -0.1) is 11.3 Å². The SMILES string of the molecule is OC[C@H]1CCCN(c2nc(C[NH+]3CCOCC3)nc3sc4c(c23)CCCC4)C1. The second-order valence-electron chi connectivity index (χ2n) is 8.53. The molecular formula is C21H31N4O2S+. The molecule has 2 fully saturated rings. The molecule has 152 valence electrons. The van der Waals surface area contributed by atoms with Crippen molar-refractivity contribution in [2.75, 3.05) is 50.9 Å². The van der Waals surface area contributed by atoms with E-state index in [1.54, 1.807) is 0 Å². The number of nitrogens with zero attached hydrogens (tertiary/aromatic N) is 3. The second kappa shape index (κ2) is 8.22. The van der Waals surface area contributed by atoms with Crippen molar-refractivity contribution < 1.29 is 14.7 Å². The lowest BCUT2D eigenvalue weighted by atomic mass is 9.95. The number of aryl methyl sites for hydroxylation is 2. The molecule has 1 aliphatic carbocycles. The van der Waals surface area contributed by atoms with Crippen LogP contribution in [0.1, 0.15) is 41.9 Å². The fourth-order valence-electron chi connectivity index (χ4n) is 4.96. The van der Waals surface area contributed by atoms with E-state index in [0.29, 0.717) is 5.92 Å². The zero-order valence-corrected chi connectivity index (χ0v) is 17.4.